The fourth-order valence-electron chi connectivity index (χ4n) is 3.00. The fraction of sp³-hybridized carbons (Fsp3) is 0.333. The molecule has 138 valence electrons. The van der Waals surface area contributed by atoms with Crippen LogP contribution in [0.25, 0.3) is 0 Å². The normalized spacial score (nSPS) is 19.7. The van der Waals surface area contributed by atoms with Gasteiger partial charge in [-0.1, -0.05) is 18.2 Å². The van der Waals surface area contributed by atoms with Gasteiger partial charge >= 0.3 is 0 Å². The van der Waals surface area contributed by atoms with Crippen molar-refractivity contribution in [2.75, 3.05) is 6.54 Å². The SMILES string of the molecule is Cc1ccccc1S(=O)(=O)NC(=O)C1(C)CCN1C(=O)Cc1ccsc1. The van der Waals surface area contributed by atoms with Crippen molar-refractivity contribution in [1.29, 1.82) is 0 Å². The van der Waals surface area contributed by atoms with E-state index in [9.17, 15) is 18.0 Å². The Bertz CT molecular complexity index is 938. The predicted octanol–water partition coefficient (Wildman–Crippen LogP) is 2.10. The molecule has 1 atom stereocenters. The van der Waals surface area contributed by atoms with Crippen molar-refractivity contribution in [3.63, 3.8) is 0 Å². The first-order chi connectivity index (χ1) is 12.2. The van der Waals surface area contributed by atoms with Crippen LogP contribution >= 0.6 is 11.3 Å². The van der Waals surface area contributed by atoms with Crippen molar-refractivity contribution in [2.45, 2.75) is 37.1 Å². The topological polar surface area (TPSA) is 83.6 Å². The van der Waals surface area contributed by atoms with Gasteiger partial charge in [0.1, 0.15) is 5.54 Å². The monoisotopic (exact) mass is 392 g/mol. The van der Waals surface area contributed by atoms with Crippen LogP contribution in [0.15, 0.2) is 46.0 Å². The molecular formula is C18H20N2O4S2. The lowest BCUT2D eigenvalue weighted by molar-refractivity contribution is -0.156. The smallest absolute Gasteiger partial charge is 0.264 e. The van der Waals surface area contributed by atoms with Crippen molar-refractivity contribution in [3.8, 4) is 0 Å². The number of carbonyl (C=O) groups is 2. The number of hydrogen-bond acceptors (Lipinski definition) is 5. The molecule has 0 spiro atoms. The summed E-state index contributed by atoms with van der Waals surface area (Å²) in [6.07, 6.45) is 0.633. The second kappa shape index (κ2) is 6.85. The highest BCUT2D eigenvalue weighted by molar-refractivity contribution is 7.90. The van der Waals surface area contributed by atoms with Crippen molar-refractivity contribution < 1.29 is 18.0 Å². The van der Waals surface area contributed by atoms with Gasteiger partial charge in [0, 0.05) is 6.54 Å². The number of aryl methyl sites for hydroxylation is 1. The third-order valence-corrected chi connectivity index (χ3v) is 6.98. The Labute approximate surface area is 156 Å². The number of nitrogens with one attached hydrogen (secondary N) is 1. The molecular weight excluding hydrogens is 372 g/mol. The van der Waals surface area contributed by atoms with Gasteiger partial charge in [-0.15, -0.1) is 0 Å². The van der Waals surface area contributed by atoms with E-state index in [1.807, 2.05) is 16.8 Å². The number of amides is 2. The van der Waals surface area contributed by atoms with E-state index >= 15 is 0 Å². The Morgan fingerprint density at radius 3 is 2.58 bits per heavy atom. The van der Waals surface area contributed by atoms with E-state index in [0.717, 1.165) is 5.56 Å². The van der Waals surface area contributed by atoms with Crippen LogP contribution in [-0.4, -0.2) is 37.2 Å². The summed E-state index contributed by atoms with van der Waals surface area (Å²) in [6.45, 7) is 3.71. The maximum absolute atomic E-state index is 12.7. The van der Waals surface area contributed by atoms with E-state index in [1.165, 1.54) is 22.3 Å². The first-order valence-electron chi connectivity index (χ1n) is 8.18. The third-order valence-electron chi connectivity index (χ3n) is 4.75. The highest BCUT2D eigenvalue weighted by Crippen LogP contribution is 2.32. The van der Waals surface area contributed by atoms with Gasteiger partial charge in [0.25, 0.3) is 15.9 Å². The van der Waals surface area contributed by atoms with Gasteiger partial charge in [-0.3, -0.25) is 9.59 Å². The highest BCUT2D eigenvalue weighted by atomic mass is 32.2. The lowest BCUT2D eigenvalue weighted by Crippen LogP contribution is -2.68. The van der Waals surface area contributed by atoms with Gasteiger partial charge in [0.15, 0.2) is 0 Å². The minimum Gasteiger partial charge on any atom is -0.328 e. The Morgan fingerprint density at radius 1 is 1.27 bits per heavy atom. The Balaban J connectivity index is 1.74. The molecule has 8 heteroatoms. The molecule has 0 bridgehead atoms. The van der Waals surface area contributed by atoms with Crippen LogP contribution < -0.4 is 4.72 Å². The zero-order valence-corrected chi connectivity index (χ0v) is 16.2. The van der Waals surface area contributed by atoms with E-state index in [4.69, 9.17) is 0 Å². The maximum Gasteiger partial charge on any atom is 0.264 e. The number of likely N-dealkylation sites (tertiary alicyclic amines) is 1. The van der Waals surface area contributed by atoms with Gasteiger partial charge in [-0.2, -0.15) is 11.3 Å². The Kier molecular flexibility index (Phi) is 4.90. The molecule has 1 aliphatic heterocycles. The zero-order valence-electron chi connectivity index (χ0n) is 14.6. The number of nitrogens with zero attached hydrogens (tertiary/aromatic N) is 1. The number of rotatable bonds is 5. The molecule has 1 saturated heterocycles. The van der Waals surface area contributed by atoms with Gasteiger partial charge in [0.2, 0.25) is 5.91 Å². The molecule has 1 unspecified atom stereocenters. The van der Waals surface area contributed by atoms with Crippen LogP contribution in [0.2, 0.25) is 0 Å². The van der Waals surface area contributed by atoms with Crippen LogP contribution in [0.4, 0.5) is 0 Å². The molecule has 0 aliphatic carbocycles. The number of hydrogen-bond donors (Lipinski definition) is 1. The highest BCUT2D eigenvalue weighted by Gasteiger charge is 2.50. The molecule has 3 rings (SSSR count). The van der Waals surface area contributed by atoms with Crippen LogP contribution in [0.3, 0.4) is 0 Å². The van der Waals surface area contributed by atoms with Gasteiger partial charge in [-0.05, 0) is 54.3 Å². The summed E-state index contributed by atoms with van der Waals surface area (Å²) in [6, 6.07) is 8.32. The quantitative estimate of drug-likeness (QED) is 0.845. The third kappa shape index (κ3) is 3.39. The lowest BCUT2D eigenvalue weighted by Gasteiger charge is -2.48. The molecule has 1 aromatic heterocycles. The molecule has 1 fully saturated rings. The molecule has 2 heterocycles. The van der Waals surface area contributed by atoms with E-state index in [1.54, 1.807) is 32.0 Å². The summed E-state index contributed by atoms with van der Waals surface area (Å²) in [7, 11) is -3.98. The first kappa shape index (κ1) is 18.6. The molecule has 1 aliphatic rings. The second-order valence-electron chi connectivity index (χ2n) is 6.58. The lowest BCUT2D eigenvalue weighted by atomic mass is 9.85. The van der Waals surface area contributed by atoms with Crippen molar-refractivity contribution in [1.82, 2.24) is 9.62 Å². The number of sulfonamides is 1. The van der Waals surface area contributed by atoms with E-state index in [0.29, 0.717) is 18.5 Å². The number of thiophene rings is 1. The summed E-state index contributed by atoms with van der Waals surface area (Å²) in [4.78, 5) is 26.7. The minimum absolute atomic E-state index is 0.0624. The van der Waals surface area contributed by atoms with Gasteiger partial charge in [0.05, 0.1) is 11.3 Å². The molecule has 2 amide bonds. The first-order valence-corrected chi connectivity index (χ1v) is 10.6. The van der Waals surface area contributed by atoms with Gasteiger partial charge < -0.3 is 4.90 Å². The van der Waals surface area contributed by atoms with Crippen molar-refractivity contribution in [2.24, 2.45) is 0 Å². The second-order valence-corrected chi connectivity index (χ2v) is 9.01. The van der Waals surface area contributed by atoms with E-state index < -0.39 is 21.5 Å². The van der Waals surface area contributed by atoms with Crippen LogP contribution in [0.5, 0.6) is 0 Å². The zero-order chi connectivity index (χ0) is 18.9. The van der Waals surface area contributed by atoms with Crippen molar-refractivity contribution >= 4 is 33.2 Å². The van der Waals surface area contributed by atoms with E-state index in [-0.39, 0.29) is 17.2 Å². The largest absolute Gasteiger partial charge is 0.328 e. The number of benzene rings is 1. The molecule has 1 aromatic carbocycles. The summed E-state index contributed by atoms with van der Waals surface area (Å²) in [5, 5.41) is 3.77. The predicted molar refractivity (Wildman–Crippen MR) is 99.3 cm³/mol. The molecule has 0 radical (unpaired) electrons. The number of carbonyl (C=O) groups excluding carboxylic acids is 2. The molecule has 6 nitrogen and oxygen atoms in total. The summed E-state index contributed by atoms with van der Waals surface area (Å²) >= 11 is 1.50. The van der Waals surface area contributed by atoms with Crippen LogP contribution in [0.1, 0.15) is 24.5 Å². The molecule has 26 heavy (non-hydrogen) atoms. The minimum atomic E-state index is -3.98. The summed E-state index contributed by atoms with van der Waals surface area (Å²) < 4.78 is 27.2. The molecule has 1 N–H and O–H groups in total. The molecule has 0 saturated carbocycles. The average molecular weight is 393 g/mol. The van der Waals surface area contributed by atoms with Crippen LogP contribution in [-0.2, 0) is 26.0 Å². The Morgan fingerprint density at radius 2 is 2.00 bits per heavy atom. The average Bonchev–Trinajstić information content (AvgIpc) is 3.05. The summed E-state index contributed by atoms with van der Waals surface area (Å²) in [5.41, 5.74) is 0.294. The van der Waals surface area contributed by atoms with Gasteiger partial charge in [-0.25, -0.2) is 13.1 Å². The molecule has 2 aromatic rings. The fourth-order valence-corrected chi connectivity index (χ4v) is 5.00. The maximum atomic E-state index is 12.7. The van der Waals surface area contributed by atoms with E-state index in [2.05, 4.69) is 4.72 Å². The van der Waals surface area contributed by atoms with Crippen molar-refractivity contribution in [3.05, 3.63) is 52.2 Å². The Hall–Kier alpha value is -2.19. The standard InChI is InChI=1S/C18H20N2O4S2/c1-13-5-3-4-6-15(13)26(23,24)19-17(22)18(2)8-9-20(18)16(21)11-14-7-10-25-12-14/h3-7,10,12H,8-9,11H2,1-2H3,(H,19,22). The van der Waals surface area contributed by atoms with Crippen LogP contribution in [0, 0.1) is 6.92 Å². The summed E-state index contributed by atoms with van der Waals surface area (Å²) in [5.74, 6) is -0.855.